The summed E-state index contributed by atoms with van der Waals surface area (Å²) < 4.78 is 28.3. The Hall–Kier alpha value is -2.39. The van der Waals surface area contributed by atoms with Crippen molar-refractivity contribution in [1.82, 2.24) is 14.5 Å². The fraction of sp³-hybridized carbons (Fsp3) is 0.286. The number of hydrogen-bond acceptors (Lipinski definition) is 5. The molecule has 0 aliphatic rings. The molecular weight excluding hydrogens is 322 g/mol. The van der Waals surface area contributed by atoms with Crippen molar-refractivity contribution in [2.75, 3.05) is 0 Å². The van der Waals surface area contributed by atoms with Crippen molar-refractivity contribution in [2.45, 2.75) is 24.3 Å². The second kappa shape index (κ2) is 6.39. The van der Waals surface area contributed by atoms with Crippen molar-refractivity contribution < 1.29 is 23.4 Å². The van der Waals surface area contributed by atoms with Crippen molar-refractivity contribution in [3.63, 3.8) is 0 Å². The quantitative estimate of drug-likeness (QED) is 0.701. The molecule has 2 aromatic rings. The van der Waals surface area contributed by atoms with Crippen LogP contribution in [0.2, 0.25) is 0 Å². The van der Waals surface area contributed by atoms with E-state index in [0.717, 1.165) is 0 Å². The maximum absolute atomic E-state index is 12.4. The minimum absolute atomic E-state index is 0.0475. The van der Waals surface area contributed by atoms with Crippen molar-refractivity contribution in [3.8, 4) is 5.75 Å². The largest absolute Gasteiger partial charge is 0.508 e. The van der Waals surface area contributed by atoms with E-state index in [9.17, 15) is 23.4 Å². The van der Waals surface area contributed by atoms with Crippen molar-refractivity contribution >= 4 is 16.0 Å². The number of phenolic OH excluding ortho intramolecular Hbond substituents is 1. The molecule has 0 aliphatic carbocycles. The highest BCUT2D eigenvalue weighted by Gasteiger charge is 2.28. The zero-order chi connectivity index (χ0) is 17.2. The highest BCUT2D eigenvalue weighted by molar-refractivity contribution is 7.89. The molecule has 0 spiro atoms. The van der Waals surface area contributed by atoms with Gasteiger partial charge in [-0.25, -0.2) is 8.42 Å². The first kappa shape index (κ1) is 17.0. The molecule has 1 aromatic heterocycles. The lowest BCUT2D eigenvalue weighted by Crippen LogP contribution is -2.42. The number of aryl methyl sites for hydroxylation is 1. The lowest BCUT2D eigenvalue weighted by atomic mass is 10.1. The van der Waals surface area contributed by atoms with Crippen molar-refractivity contribution in [3.05, 3.63) is 41.7 Å². The van der Waals surface area contributed by atoms with E-state index in [1.807, 2.05) is 0 Å². The molecule has 3 N–H and O–H groups in total. The van der Waals surface area contributed by atoms with Gasteiger partial charge in [-0.3, -0.25) is 9.48 Å². The maximum atomic E-state index is 12.4. The highest BCUT2D eigenvalue weighted by atomic mass is 32.2. The molecule has 2 rings (SSSR count). The van der Waals surface area contributed by atoms with E-state index in [1.54, 1.807) is 14.0 Å². The highest BCUT2D eigenvalue weighted by Crippen LogP contribution is 2.16. The Morgan fingerprint density at radius 1 is 1.35 bits per heavy atom. The number of nitrogens with zero attached hydrogens (tertiary/aromatic N) is 2. The summed E-state index contributed by atoms with van der Waals surface area (Å²) in [4.78, 5) is 11.3. The minimum Gasteiger partial charge on any atom is -0.508 e. The Balaban J connectivity index is 2.23. The predicted octanol–water partition coefficient (Wildman–Crippen LogP) is 0.408. The first-order chi connectivity index (χ1) is 10.7. The molecule has 1 aromatic carbocycles. The molecule has 0 saturated heterocycles. The lowest BCUT2D eigenvalue weighted by molar-refractivity contribution is -0.138. The Morgan fingerprint density at radius 3 is 2.43 bits per heavy atom. The van der Waals surface area contributed by atoms with Crippen LogP contribution in [0.5, 0.6) is 5.75 Å². The topological polar surface area (TPSA) is 122 Å². The molecular formula is C14H17N3O5S. The third-order valence-electron chi connectivity index (χ3n) is 3.45. The number of nitrogens with one attached hydrogen (secondary N) is 1. The number of phenols is 1. The third kappa shape index (κ3) is 3.88. The molecule has 0 bridgehead atoms. The smallest absolute Gasteiger partial charge is 0.322 e. The number of aromatic hydroxyl groups is 1. The van der Waals surface area contributed by atoms with E-state index in [4.69, 9.17) is 0 Å². The molecule has 1 atom stereocenters. The van der Waals surface area contributed by atoms with Gasteiger partial charge in [-0.15, -0.1) is 0 Å². The zero-order valence-electron chi connectivity index (χ0n) is 12.6. The van der Waals surface area contributed by atoms with Gasteiger partial charge in [0.25, 0.3) is 0 Å². The summed E-state index contributed by atoms with van der Waals surface area (Å²) in [6.07, 6.45) is 1.13. The van der Waals surface area contributed by atoms with Crippen molar-refractivity contribution in [1.29, 1.82) is 0 Å². The Kier molecular flexibility index (Phi) is 4.71. The Labute approximate surface area is 133 Å². The summed E-state index contributed by atoms with van der Waals surface area (Å²) in [7, 11) is -2.41. The van der Waals surface area contributed by atoms with E-state index in [1.165, 1.54) is 35.1 Å². The van der Waals surface area contributed by atoms with E-state index < -0.39 is 22.0 Å². The van der Waals surface area contributed by atoms with Gasteiger partial charge in [0, 0.05) is 7.05 Å². The number of hydrogen-bond donors (Lipinski definition) is 3. The number of rotatable bonds is 6. The van der Waals surface area contributed by atoms with Gasteiger partial charge in [0.1, 0.15) is 16.7 Å². The molecule has 0 unspecified atom stereocenters. The van der Waals surface area contributed by atoms with Crippen LogP contribution in [0.1, 0.15) is 11.3 Å². The predicted molar refractivity (Wildman–Crippen MR) is 81.5 cm³/mol. The summed E-state index contributed by atoms with van der Waals surface area (Å²) in [5.41, 5.74) is 0.993. The van der Waals surface area contributed by atoms with Crippen LogP contribution < -0.4 is 4.72 Å². The van der Waals surface area contributed by atoms with E-state index >= 15 is 0 Å². The summed E-state index contributed by atoms with van der Waals surface area (Å²) in [6.45, 7) is 1.58. The summed E-state index contributed by atoms with van der Waals surface area (Å²) in [5.74, 6) is -1.24. The number of sulfonamides is 1. The van der Waals surface area contributed by atoms with Crippen LogP contribution >= 0.6 is 0 Å². The standard InChI is InChI=1S/C14H17N3O5S/c1-9-13(8-15-17(9)2)23(21,22)16-12(14(19)20)7-10-3-5-11(18)6-4-10/h3-6,8,12,16,18H,7H2,1-2H3,(H,19,20)/t12-/m0/s1. The van der Waals surface area contributed by atoms with Crippen LogP contribution in [0.4, 0.5) is 0 Å². The van der Waals surface area contributed by atoms with Gasteiger partial charge in [0.05, 0.1) is 11.9 Å². The number of carboxylic acid groups (broad SMARTS) is 1. The molecule has 23 heavy (non-hydrogen) atoms. The third-order valence-corrected chi connectivity index (χ3v) is 5.03. The number of aromatic nitrogens is 2. The molecule has 0 fully saturated rings. The average molecular weight is 339 g/mol. The number of benzene rings is 1. The van der Waals surface area contributed by atoms with Gasteiger partial charge < -0.3 is 10.2 Å². The van der Waals surface area contributed by atoms with Crippen LogP contribution in [0, 0.1) is 6.92 Å². The summed E-state index contributed by atoms with van der Waals surface area (Å²) >= 11 is 0. The fourth-order valence-electron chi connectivity index (χ4n) is 2.04. The molecule has 0 amide bonds. The second-order valence-corrected chi connectivity index (χ2v) is 6.78. The van der Waals surface area contributed by atoms with Gasteiger partial charge in [-0.05, 0) is 31.0 Å². The second-order valence-electron chi connectivity index (χ2n) is 5.10. The van der Waals surface area contributed by atoms with Crippen LogP contribution in [0.25, 0.3) is 0 Å². The maximum Gasteiger partial charge on any atom is 0.322 e. The number of carboxylic acids is 1. The van der Waals surface area contributed by atoms with E-state index in [0.29, 0.717) is 11.3 Å². The molecule has 0 radical (unpaired) electrons. The van der Waals surface area contributed by atoms with E-state index in [2.05, 4.69) is 9.82 Å². The molecule has 1 heterocycles. The molecule has 0 saturated carbocycles. The molecule has 9 heteroatoms. The van der Waals surface area contributed by atoms with Gasteiger partial charge >= 0.3 is 5.97 Å². The van der Waals surface area contributed by atoms with Crippen LogP contribution in [-0.2, 0) is 28.3 Å². The van der Waals surface area contributed by atoms with Crippen LogP contribution in [-0.4, -0.2) is 40.4 Å². The van der Waals surface area contributed by atoms with Crippen LogP contribution in [0.15, 0.2) is 35.4 Å². The Morgan fingerprint density at radius 2 is 1.96 bits per heavy atom. The monoisotopic (exact) mass is 339 g/mol. The van der Waals surface area contributed by atoms with Gasteiger partial charge in [-0.2, -0.15) is 9.82 Å². The zero-order valence-corrected chi connectivity index (χ0v) is 13.4. The number of aliphatic carboxylic acids is 1. The van der Waals surface area contributed by atoms with E-state index in [-0.39, 0.29) is 17.1 Å². The van der Waals surface area contributed by atoms with Gasteiger partial charge in [-0.1, -0.05) is 12.1 Å². The summed E-state index contributed by atoms with van der Waals surface area (Å²) in [6, 6.07) is 4.57. The SMILES string of the molecule is Cc1c(S(=O)(=O)N[C@@H](Cc2ccc(O)cc2)C(=O)O)cnn1C. The van der Waals surface area contributed by atoms with Crippen LogP contribution in [0.3, 0.4) is 0 Å². The summed E-state index contributed by atoms with van der Waals surface area (Å²) in [5, 5.41) is 22.4. The Bertz CT molecular complexity index is 811. The molecule has 124 valence electrons. The normalized spacial score (nSPS) is 13.0. The fourth-order valence-corrected chi connectivity index (χ4v) is 3.43. The first-order valence-corrected chi connectivity index (χ1v) is 8.20. The molecule has 0 aliphatic heterocycles. The van der Waals surface area contributed by atoms with Gasteiger partial charge in [0.2, 0.25) is 10.0 Å². The molecule has 8 nitrogen and oxygen atoms in total. The lowest BCUT2D eigenvalue weighted by Gasteiger charge is -2.15. The average Bonchev–Trinajstić information content (AvgIpc) is 2.81. The minimum atomic E-state index is -4.01. The van der Waals surface area contributed by atoms with Crippen molar-refractivity contribution in [2.24, 2.45) is 7.05 Å². The number of carbonyl (C=O) groups is 1. The van der Waals surface area contributed by atoms with Gasteiger partial charge in [0.15, 0.2) is 0 Å². The first-order valence-electron chi connectivity index (χ1n) is 6.72.